The second kappa shape index (κ2) is 5.77. The molecule has 3 N–H and O–H groups in total. The first-order chi connectivity index (χ1) is 10.7. The van der Waals surface area contributed by atoms with Gasteiger partial charge in [0, 0.05) is 22.7 Å². The predicted octanol–water partition coefficient (Wildman–Crippen LogP) is 2.35. The topological polar surface area (TPSA) is 90.4 Å². The first kappa shape index (κ1) is 13.9. The largest absolute Gasteiger partial charge is 0.496 e. The Hall–Kier alpha value is -3.02. The molecule has 0 aliphatic heterocycles. The number of anilines is 1. The van der Waals surface area contributed by atoms with E-state index in [1.807, 2.05) is 0 Å². The number of hydrogen-bond acceptors (Lipinski definition) is 5. The van der Waals surface area contributed by atoms with Gasteiger partial charge in [-0.25, -0.2) is 0 Å². The summed E-state index contributed by atoms with van der Waals surface area (Å²) in [4.78, 5) is 16.6. The molecule has 0 saturated heterocycles. The standard InChI is InChI=1S/C16H15N3O3/c1-21-13-5-4-12(17)14-11(13)6-7-18-15(14)16(20)19-9-10-3-2-8-22-10/h2-8H,9,17H2,1H3,(H,19,20). The lowest BCUT2D eigenvalue weighted by atomic mass is 10.1. The van der Waals surface area contributed by atoms with Crippen molar-refractivity contribution in [2.24, 2.45) is 0 Å². The highest BCUT2D eigenvalue weighted by Gasteiger charge is 2.16. The normalized spacial score (nSPS) is 10.6. The van der Waals surface area contributed by atoms with Gasteiger partial charge in [-0.2, -0.15) is 0 Å². The van der Waals surface area contributed by atoms with Gasteiger partial charge in [0.05, 0.1) is 19.9 Å². The zero-order chi connectivity index (χ0) is 15.5. The van der Waals surface area contributed by atoms with Crippen molar-refractivity contribution in [2.75, 3.05) is 12.8 Å². The maximum atomic E-state index is 12.4. The number of fused-ring (bicyclic) bond motifs is 1. The number of nitrogens with zero attached hydrogens (tertiary/aromatic N) is 1. The summed E-state index contributed by atoms with van der Waals surface area (Å²) in [5.74, 6) is 0.993. The molecule has 0 unspecified atom stereocenters. The Kier molecular flexibility index (Phi) is 3.65. The highest BCUT2D eigenvalue weighted by Crippen LogP contribution is 2.31. The van der Waals surface area contributed by atoms with Crippen molar-refractivity contribution in [3.05, 3.63) is 54.2 Å². The van der Waals surface area contributed by atoms with E-state index in [0.29, 0.717) is 22.6 Å². The van der Waals surface area contributed by atoms with Crippen LogP contribution in [0.15, 0.2) is 47.2 Å². The van der Waals surface area contributed by atoms with E-state index < -0.39 is 0 Å². The van der Waals surface area contributed by atoms with Crippen molar-refractivity contribution in [2.45, 2.75) is 6.54 Å². The molecule has 1 amide bonds. The maximum Gasteiger partial charge on any atom is 0.270 e. The van der Waals surface area contributed by atoms with Crippen LogP contribution in [-0.4, -0.2) is 18.0 Å². The third-order valence-corrected chi connectivity index (χ3v) is 3.36. The van der Waals surface area contributed by atoms with Crippen LogP contribution in [0.1, 0.15) is 16.2 Å². The summed E-state index contributed by atoms with van der Waals surface area (Å²) in [6, 6.07) is 8.79. The van der Waals surface area contributed by atoms with Crippen molar-refractivity contribution >= 4 is 22.4 Å². The molecule has 6 nitrogen and oxygen atoms in total. The molecular formula is C16H15N3O3. The number of methoxy groups -OCH3 is 1. The van der Waals surface area contributed by atoms with Crippen molar-refractivity contribution < 1.29 is 13.9 Å². The van der Waals surface area contributed by atoms with Crippen LogP contribution in [0.2, 0.25) is 0 Å². The van der Waals surface area contributed by atoms with E-state index >= 15 is 0 Å². The maximum absolute atomic E-state index is 12.4. The van der Waals surface area contributed by atoms with Gasteiger partial charge in [0.1, 0.15) is 17.2 Å². The van der Waals surface area contributed by atoms with Crippen molar-refractivity contribution in [3.8, 4) is 5.75 Å². The monoisotopic (exact) mass is 297 g/mol. The van der Waals surface area contributed by atoms with Gasteiger partial charge in [0.2, 0.25) is 0 Å². The minimum Gasteiger partial charge on any atom is -0.496 e. The second-order valence-corrected chi connectivity index (χ2v) is 4.70. The summed E-state index contributed by atoms with van der Waals surface area (Å²) in [7, 11) is 1.57. The lowest BCUT2D eigenvalue weighted by Crippen LogP contribution is -2.24. The quantitative estimate of drug-likeness (QED) is 0.721. The van der Waals surface area contributed by atoms with Crippen LogP contribution in [0.4, 0.5) is 5.69 Å². The van der Waals surface area contributed by atoms with E-state index in [1.54, 1.807) is 49.9 Å². The molecule has 0 saturated carbocycles. The Morgan fingerprint density at radius 1 is 1.36 bits per heavy atom. The van der Waals surface area contributed by atoms with Gasteiger partial charge in [-0.3, -0.25) is 9.78 Å². The summed E-state index contributed by atoms with van der Waals surface area (Å²) >= 11 is 0. The molecule has 2 heterocycles. The van der Waals surface area contributed by atoms with Gasteiger partial charge in [-0.15, -0.1) is 0 Å². The number of benzene rings is 1. The Labute approximate surface area is 126 Å². The van der Waals surface area contributed by atoms with E-state index in [4.69, 9.17) is 14.9 Å². The van der Waals surface area contributed by atoms with Crippen LogP contribution < -0.4 is 15.8 Å². The third-order valence-electron chi connectivity index (χ3n) is 3.36. The number of nitrogen functional groups attached to an aromatic ring is 1. The molecule has 0 aliphatic carbocycles. The number of nitrogens with one attached hydrogen (secondary N) is 1. The summed E-state index contributed by atoms with van der Waals surface area (Å²) in [6.45, 7) is 0.285. The molecule has 2 aromatic heterocycles. The summed E-state index contributed by atoms with van der Waals surface area (Å²) in [5.41, 5.74) is 6.76. The molecule has 0 bridgehead atoms. The average molecular weight is 297 g/mol. The molecule has 0 atom stereocenters. The molecule has 3 rings (SSSR count). The molecule has 0 radical (unpaired) electrons. The molecule has 0 fully saturated rings. The Morgan fingerprint density at radius 2 is 2.23 bits per heavy atom. The zero-order valence-corrected chi connectivity index (χ0v) is 12.0. The molecule has 112 valence electrons. The molecule has 22 heavy (non-hydrogen) atoms. The molecular weight excluding hydrogens is 282 g/mol. The first-order valence-electron chi connectivity index (χ1n) is 6.72. The van der Waals surface area contributed by atoms with Gasteiger partial charge in [0.15, 0.2) is 0 Å². The predicted molar refractivity (Wildman–Crippen MR) is 82.6 cm³/mol. The van der Waals surface area contributed by atoms with Crippen LogP contribution >= 0.6 is 0 Å². The minimum atomic E-state index is -0.318. The summed E-state index contributed by atoms with van der Waals surface area (Å²) in [5, 5.41) is 4.10. The number of rotatable bonds is 4. The van der Waals surface area contributed by atoms with Crippen LogP contribution in [0, 0.1) is 0 Å². The number of furan rings is 1. The number of carbonyl (C=O) groups excluding carboxylic acids is 1. The number of ether oxygens (including phenoxy) is 1. The zero-order valence-electron chi connectivity index (χ0n) is 12.0. The highest BCUT2D eigenvalue weighted by atomic mass is 16.5. The van der Waals surface area contributed by atoms with Gasteiger partial charge in [0.25, 0.3) is 5.91 Å². The number of hydrogen-bond donors (Lipinski definition) is 2. The fourth-order valence-electron chi connectivity index (χ4n) is 2.31. The highest BCUT2D eigenvalue weighted by molar-refractivity contribution is 6.11. The SMILES string of the molecule is COc1ccc(N)c2c(C(=O)NCc3ccco3)nccc12. The smallest absolute Gasteiger partial charge is 0.270 e. The Balaban J connectivity index is 1.97. The van der Waals surface area contributed by atoms with E-state index in [0.717, 1.165) is 5.39 Å². The molecule has 6 heteroatoms. The van der Waals surface area contributed by atoms with Gasteiger partial charge in [-0.1, -0.05) is 0 Å². The van der Waals surface area contributed by atoms with E-state index in [2.05, 4.69) is 10.3 Å². The van der Waals surface area contributed by atoms with Crippen LogP contribution in [-0.2, 0) is 6.54 Å². The van der Waals surface area contributed by atoms with Crippen molar-refractivity contribution in [1.29, 1.82) is 0 Å². The molecule has 3 aromatic rings. The lowest BCUT2D eigenvalue weighted by molar-refractivity contribution is 0.0945. The summed E-state index contributed by atoms with van der Waals surface area (Å²) in [6.07, 6.45) is 3.12. The molecule has 0 spiro atoms. The third kappa shape index (κ3) is 2.46. The molecule has 0 aliphatic rings. The van der Waals surface area contributed by atoms with Crippen molar-refractivity contribution in [1.82, 2.24) is 10.3 Å². The van der Waals surface area contributed by atoms with Crippen LogP contribution in [0.3, 0.4) is 0 Å². The van der Waals surface area contributed by atoms with Crippen LogP contribution in [0.5, 0.6) is 5.75 Å². The average Bonchev–Trinajstić information content (AvgIpc) is 3.06. The fourth-order valence-corrected chi connectivity index (χ4v) is 2.31. The van der Waals surface area contributed by atoms with Crippen LogP contribution in [0.25, 0.3) is 10.8 Å². The fraction of sp³-hybridized carbons (Fsp3) is 0.125. The van der Waals surface area contributed by atoms with E-state index in [-0.39, 0.29) is 18.1 Å². The van der Waals surface area contributed by atoms with E-state index in [9.17, 15) is 4.79 Å². The minimum absolute atomic E-state index is 0.264. The van der Waals surface area contributed by atoms with Gasteiger partial charge >= 0.3 is 0 Å². The number of amides is 1. The lowest BCUT2D eigenvalue weighted by Gasteiger charge is -2.11. The van der Waals surface area contributed by atoms with Gasteiger partial charge in [-0.05, 0) is 30.3 Å². The second-order valence-electron chi connectivity index (χ2n) is 4.70. The van der Waals surface area contributed by atoms with E-state index in [1.165, 1.54) is 0 Å². The first-order valence-corrected chi connectivity index (χ1v) is 6.72. The number of carbonyl (C=O) groups is 1. The Bertz CT molecular complexity index is 813. The number of aromatic nitrogens is 1. The number of nitrogens with two attached hydrogens (primary N) is 1. The molecule has 1 aromatic carbocycles. The Morgan fingerprint density at radius 3 is 2.95 bits per heavy atom. The number of pyridine rings is 1. The van der Waals surface area contributed by atoms with Crippen molar-refractivity contribution in [3.63, 3.8) is 0 Å². The van der Waals surface area contributed by atoms with Gasteiger partial charge < -0.3 is 20.2 Å². The summed E-state index contributed by atoms with van der Waals surface area (Å²) < 4.78 is 10.5.